The van der Waals surface area contributed by atoms with Gasteiger partial charge in [-0.3, -0.25) is 9.69 Å². The number of nitrogens with zero attached hydrogens (tertiary/aromatic N) is 2. The van der Waals surface area contributed by atoms with Crippen LogP contribution in [-0.4, -0.2) is 48.7 Å². The predicted molar refractivity (Wildman–Crippen MR) is 111 cm³/mol. The van der Waals surface area contributed by atoms with Crippen LogP contribution in [0.15, 0.2) is 72.1 Å². The van der Waals surface area contributed by atoms with Crippen molar-refractivity contribution in [2.24, 2.45) is 0 Å². The normalized spacial score (nSPS) is 14.8. The average molecular weight is 370 g/mol. The molecule has 4 nitrogen and oxygen atoms in total. The number of piperazine rings is 1. The Hall–Kier alpha value is -2.08. The molecule has 0 atom stereocenters. The summed E-state index contributed by atoms with van der Waals surface area (Å²) in [5.41, 5.74) is 2.58. The number of aldehydes is 1. The Labute approximate surface area is 161 Å². The Kier molecular flexibility index (Phi) is 8.96. The minimum Gasteiger partial charge on any atom is -0.388 e. The van der Waals surface area contributed by atoms with Crippen LogP contribution in [0.25, 0.3) is 0 Å². The fourth-order valence-corrected chi connectivity index (χ4v) is 3.64. The maximum absolute atomic E-state index is 9.06. The summed E-state index contributed by atoms with van der Waals surface area (Å²) in [5, 5.41) is 3.20. The molecule has 0 bridgehead atoms. The molecule has 2 aromatic carbocycles. The number of allylic oxidation sites excluding steroid dienone is 1. The highest BCUT2D eigenvalue weighted by molar-refractivity contribution is 7.97. The van der Waals surface area contributed by atoms with Gasteiger partial charge in [-0.2, -0.15) is 0 Å². The van der Waals surface area contributed by atoms with Crippen molar-refractivity contribution in [3.05, 3.63) is 72.8 Å². The molecule has 0 unspecified atom stereocenters. The zero-order chi connectivity index (χ0) is 18.6. The number of anilines is 1. The molecule has 0 saturated carbocycles. The molecule has 5 heteroatoms. The summed E-state index contributed by atoms with van der Waals surface area (Å²) >= 11 is 1.87. The van der Waals surface area contributed by atoms with Crippen LogP contribution in [-0.2, 0) is 11.3 Å². The maximum Gasteiger partial charge on any atom is 0.142 e. The lowest BCUT2D eigenvalue weighted by atomic mass is 10.2. The molecule has 0 aliphatic carbocycles. The zero-order valence-electron chi connectivity index (χ0n) is 15.3. The van der Waals surface area contributed by atoms with Crippen LogP contribution in [0.2, 0.25) is 0 Å². The first-order valence-corrected chi connectivity index (χ1v) is 9.55. The van der Waals surface area contributed by atoms with Crippen LogP contribution >= 0.6 is 11.9 Å². The van der Waals surface area contributed by atoms with E-state index in [1.165, 1.54) is 22.2 Å². The molecule has 0 aromatic heterocycles. The average Bonchev–Trinajstić information content (AvgIpc) is 2.70. The Morgan fingerprint density at radius 2 is 1.77 bits per heavy atom. The molecule has 1 aliphatic rings. The van der Waals surface area contributed by atoms with Gasteiger partial charge < -0.3 is 5.32 Å². The summed E-state index contributed by atoms with van der Waals surface area (Å²) in [4.78, 5) is 12.9. The van der Waals surface area contributed by atoms with Crippen molar-refractivity contribution in [1.82, 2.24) is 9.21 Å². The van der Waals surface area contributed by atoms with E-state index in [4.69, 9.17) is 4.79 Å². The van der Waals surface area contributed by atoms with Crippen LogP contribution in [0, 0.1) is 0 Å². The van der Waals surface area contributed by atoms with Crippen molar-refractivity contribution in [2.45, 2.75) is 11.4 Å². The van der Waals surface area contributed by atoms with Crippen LogP contribution in [0.1, 0.15) is 5.56 Å². The second-order valence-corrected chi connectivity index (χ2v) is 7.10. The van der Waals surface area contributed by atoms with Gasteiger partial charge in [-0.1, -0.05) is 43.0 Å². The summed E-state index contributed by atoms with van der Waals surface area (Å²) in [6.45, 7) is 8.67. The van der Waals surface area contributed by atoms with E-state index >= 15 is 0 Å². The van der Waals surface area contributed by atoms with Crippen molar-refractivity contribution >= 4 is 23.9 Å². The summed E-state index contributed by atoms with van der Waals surface area (Å²) in [5.74, 6) is 0. The van der Waals surface area contributed by atoms with Gasteiger partial charge in [0.2, 0.25) is 0 Å². The number of nitrogens with one attached hydrogen (secondary N) is 1. The van der Waals surface area contributed by atoms with Gasteiger partial charge in [-0.25, -0.2) is 4.31 Å². The largest absolute Gasteiger partial charge is 0.388 e. The van der Waals surface area contributed by atoms with E-state index in [0.717, 1.165) is 32.7 Å². The summed E-state index contributed by atoms with van der Waals surface area (Å²) in [7, 11) is 1.96. The lowest BCUT2D eigenvalue weighted by molar-refractivity contribution is -0.104. The first kappa shape index (κ1) is 20.2. The van der Waals surface area contributed by atoms with Gasteiger partial charge >= 0.3 is 0 Å². The minimum absolute atomic E-state index is 0.639. The third-order valence-electron chi connectivity index (χ3n) is 4.03. The molecule has 0 radical (unpaired) electrons. The standard InChI is InChI=1S/C18H23N3S.C3H4O/c1-19-17-8-5-9-18(14-17)22-21-12-10-20(11-13-21)15-16-6-3-2-4-7-16;1-2-3-4/h2-9,14,19H,10-13,15H2,1H3;2-3H,1H2. The third-order valence-corrected chi connectivity index (χ3v) is 5.12. The molecule has 1 saturated heterocycles. The van der Waals surface area contributed by atoms with Gasteiger partial charge in [-0.05, 0) is 41.8 Å². The lowest BCUT2D eigenvalue weighted by Gasteiger charge is -2.33. The lowest BCUT2D eigenvalue weighted by Crippen LogP contribution is -2.42. The zero-order valence-corrected chi connectivity index (χ0v) is 16.1. The number of benzene rings is 2. The molecule has 0 amide bonds. The highest BCUT2D eigenvalue weighted by Crippen LogP contribution is 2.26. The van der Waals surface area contributed by atoms with Gasteiger partial charge in [0.05, 0.1) is 0 Å². The number of hydrogen-bond donors (Lipinski definition) is 1. The van der Waals surface area contributed by atoms with Gasteiger partial charge in [-0.15, -0.1) is 0 Å². The Bertz CT molecular complexity index is 664. The highest BCUT2D eigenvalue weighted by Gasteiger charge is 2.17. The number of hydrogen-bond acceptors (Lipinski definition) is 5. The molecule has 138 valence electrons. The fourth-order valence-electron chi connectivity index (χ4n) is 2.68. The van der Waals surface area contributed by atoms with Crippen LogP contribution in [0.5, 0.6) is 0 Å². The molecular formula is C21H27N3OS. The Morgan fingerprint density at radius 1 is 1.08 bits per heavy atom. The fraction of sp³-hybridized carbons (Fsp3) is 0.286. The van der Waals surface area contributed by atoms with E-state index < -0.39 is 0 Å². The Morgan fingerprint density at radius 3 is 2.38 bits per heavy atom. The molecule has 1 fully saturated rings. The molecule has 1 heterocycles. The molecule has 1 N–H and O–H groups in total. The van der Waals surface area contributed by atoms with E-state index in [2.05, 4.69) is 75.7 Å². The van der Waals surface area contributed by atoms with Crippen molar-refractivity contribution in [1.29, 1.82) is 0 Å². The Balaban J connectivity index is 0.000000552. The van der Waals surface area contributed by atoms with Gasteiger partial charge in [0.15, 0.2) is 0 Å². The molecule has 26 heavy (non-hydrogen) atoms. The van der Waals surface area contributed by atoms with Gasteiger partial charge in [0.25, 0.3) is 0 Å². The van der Waals surface area contributed by atoms with E-state index in [9.17, 15) is 0 Å². The monoisotopic (exact) mass is 369 g/mol. The second kappa shape index (κ2) is 11.5. The number of rotatable bonds is 6. The molecule has 2 aromatic rings. The van der Waals surface area contributed by atoms with Crippen LogP contribution < -0.4 is 5.32 Å². The van der Waals surface area contributed by atoms with Crippen molar-refractivity contribution in [3.63, 3.8) is 0 Å². The summed E-state index contributed by atoms with van der Waals surface area (Å²) in [6.07, 6.45) is 1.83. The van der Waals surface area contributed by atoms with E-state index in [1.54, 1.807) is 0 Å². The predicted octanol–water partition coefficient (Wildman–Crippen LogP) is 3.92. The smallest absolute Gasteiger partial charge is 0.142 e. The van der Waals surface area contributed by atoms with Gasteiger partial charge in [0.1, 0.15) is 6.29 Å². The molecule has 3 rings (SSSR count). The number of carbonyl (C=O) groups excluding carboxylic acids is 1. The molecule has 1 aliphatic heterocycles. The number of carbonyl (C=O) groups is 1. The highest BCUT2D eigenvalue weighted by atomic mass is 32.2. The summed E-state index contributed by atoms with van der Waals surface area (Å²) < 4.78 is 2.47. The second-order valence-electron chi connectivity index (χ2n) is 5.93. The maximum atomic E-state index is 9.06. The van der Waals surface area contributed by atoms with Gasteiger partial charge in [0, 0.05) is 50.4 Å². The van der Waals surface area contributed by atoms with Crippen molar-refractivity contribution in [2.75, 3.05) is 38.5 Å². The quantitative estimate of drug-likeness (QED) is 0.474. The minimum atomic E-state index is 0.639. The summed E-state index contributed by atoms with van der Waals surface area (Å²) in [6, 6.07) is 19.4. The van der Waals surface area contributed by atoms with E-state index in [-0.39, 0.29) is 0 Å². The van der Waals surface area contributed by atoms with Crippen molar-refractivity contribution < 1.29 is 4.79 Å². The SMILES string of the molecule is C=CC=O.CNc1cccc(SN2CCN(Cc3ccccc3)CC2)c1. The molecule has 0 spiro atoms. The first-order valence-electron chi connectivity index (χ1n) is 8.78. The first-order chi connectivity index (χ1) is 12.7. The third kappa shape index (κ3) is 7.04. The van der Waals surface area contributed by atoms with Crippen molar-refractivity contribution in [3.8, 4) is 0 Å². The van der Waals surface area contributed by atoms with Crippen LogP contribution in [0.4, 0.5) is 5.69 Å². The molecular weight excluding hydrogens is 342 g/mol. The van der Waals surface area contributed by atoms with Crippen LogP contribution in [0.3, 0.4) is 0 Å². The van der Waals surface area contributed by atoms with E-state index in [0.29, 0.717) is 6.29 Å². The topological polar surface area (TPSA) is 35.6 Å². The van der Waals surface area contributed by atoms with E-state index in [1.807, 2.05) is 19.0 Å².